The number of benzene rings is 2. The summed E-state index contributed by atoms with van der Waals surface area (Å²) in [5.74, 6) is 0.467. The van der Waals surface area contributed by atoms with Crippen LogP contribution in [-0.4, -0.2) is 0 Å². The van der Waals surface area contributed by atoms with E-state index in [0.29, 0.717) is 5.75 Å². The molecule has 0 radical (unpaired) electrons. The van der Waals surface area contributed by atoms with E-state index in [-0.39, 0.29) is 16.3 Å². The highest BCUT2D eigenvalue weighted by molar-refractivity contribution is 8.02. The number of allylic oxidation sites excluding steroid dienone is 1. The van der Waals surface area contributed by atoms with Crippen LogP contribution in [0.25, 0.3) is 0 Å². The largest absolute Gasteiger partial charge is 0.416 e. The molecule has 0 aliphatic rings. The molecule has 126 valence electrons. The van der Waals surface area contributed by atoms with Gasteiger partial charge in [-0.3, -0.25) is 0 Å². The lowest BCUT2D eigenvalue weighted by Gasteiger charge is -2.13. The monoisotopic (exact) mass is 359 g/mol. The molecule has 2 aromatic carbocycles. The highest BCUT2D eigenvalue weighted by Gasteiger charge is 2.30. The van der Waals surface area contributed by atoms with Crippen molar-refractivity contribution in [3.8, 4) is 12.1 Å². The predicted molar refractivity (Wildman–Crippen MR) is 91.1 cm³/mol. The molecule has 0 fully saturated rings. The van der Waals surface area contributed by atoms with E-state index in [1.165, 1.54) is 23.9 Å². The summed E-state index contributed by atoms with van der Waals surface area (Å²) in [7, 11) is 0. The lowest BCUT2D eigenvalue weighted by molar-refractivity contribution is -0.137. The molecule has 0 aromatic heterocycles. The van der Waals surface area contributed by atoms with Crippen LogP contribution in [-0.2, 0) is 11.9 Å². The van der Waals surface area contributed by atoms with Gasteiger partial charge in [-0.25, -0.2) is 0 Å². The quantitative estimate of drug-likeness (QED) is 0.735. The standard InChI is InChI=1S/C18H12F3N3S/c19-18(20,21)15-7-4-8-16(9-15)24-17(14(10-22)11-23)25-12-13-5-2-1-3-6-13/h1-9,24H,12H2. The zero-order valence-electron chi connectivity index (χ0n) is 12.8. The van der Waals surface area contributed by atoms with Gasteiger partial charge >= 0.3 is 6.18 Å². The van der Waals surface area contributed by atoms with Crippen molar-refractivity contribution in [1.29, 1.82) is 10.5 Å². The van der Waals surface area contributed by atoms with E-state index < -0.39 is 11.7 Å². The summed E-state index contributed by atoms with van der Waals surface area (Å²) in [6.45, 7) is 0. The van der Waals surface area contributed by atoms with Crippen molar-refractivity contribution in [3.05, 3.63) is 76.3 Å². The van der Waals surface area contributed by atoms with Gasteiger partial charge in [0.25, 0.3) is 0 Å². The first-order chi connectivity index (χ1) is 11.9. The Balaban J connectivity index is 2.25. The Morgan fingerprint density at radius 1 is 1.00 bits per heavy atom. The topological polar surface area (TPSA) is 59.6 Å². The van der Waals surface area contributed by atoms with E-state index >= 15 is 0 Å². The SMILES string of the molecule is N#CC(C#N)=C(Nc1cccc(C(F)(F)F)c1)SCc1ccccc1. The van der Waals surface area contributed by atoms with E-state index in [2.05, 4.69) is 5.32 Å². The summed E-state index contributed by atoms with van der Waals surface area (Å²) in [5.41, 5.74) is 0.137. The fourth-order valence-electron chi connectivity index (χ4n) is 1.93. The van der Waals surface area contributed by atoms with Gasteiger partial charge in [0.1, 0.15) is 17.2 Å². The third-order valence-corrected chi connectivity index (χ3v) is 4.20. The molecule has 0 amide bonds. The third-order valence-electron chi connectivity index (χ3n) is 3.12. The van der Waals surface area contributed by atoms with Crippen molar-refractivity contribution in [2.75, 3.05) is 5.32 Å². The first-order valence-electron chi connectivity index (χ1n) is 7.09. The van der Waals surface area contributed by atoms with Gasteiger partial charge in [0.15, 0.2) is 5.57 Å². The third kappa shape index (κ3) is 5.30. The Morgan fingerprint density at radius 2 is 1.68 bits per heavy atom. The molecule has 2 aromatic rings. The number of thioether (sulfide) groups is 1. The van der Waals surface area contributed by atoms with E-state index in [1.54, 1.807) is 12.1 Å². The maximum Gasteiger partial charge on any atom is 0.416 e. The second-order valence-corrected chi connectivity index (χ2v) is 5.89. The number of nitriles is 2. The molecule has 0 heterocycles. The highest BCUT2D eigenvalue weighted by atomic mass is 32.2. The number of alkyl halides is 3. The number of halogens is 3. The summed E-state index contributed by atoms with van der Waals surface area (Å²) in [5, 5.41) is 21.2. The number of hydrogen-bond acceptors (Lipinski definition) is 4. The average Bonchev–Trinajstić information content (AvgIpc) is 2.61. The molecule has 2 rings (SSSR count). The first-order valence-corrected chi connectivity index (χ1v) is 8.08. The molecule has 7 heteroatoms. The van der Waals surface area contributed by atoms with Gasteiger partial charge in [-0.15, -0.1) is 11.8 Å². The first kappa shape index (κ1) is 18.4. The van der Waals surface area contributed by atoms with Gasteiger partial charge in [-0.2, -0.15) is 23.7 Å². The Bertz CT molecular complexity index is 830. The summed E-state index contributed by atoms with van der Waals surface area (Å²) >= 11 is 1.18. The lowest BCUT2D eigenvalue weighted by atomic mass is 10.2. The Labute approximate surface area is 147 Å². The van der Waals surface area contributed by atoms with Crippen molar-refractivity contribution < 1.29 is 13.2 Å². The molecule has 0 saturated carbocycles. The van der Waals surface area contributed by atoms with E-state index in [4.69, 9.17) is 10.5 Å². The van der Waals surface area contributed by atoms with Crippen LogP contribution in [0.5, 0.6) is 0 Å². The van der Waals surface area contributed by atoms with Crippen LogP contribution in [0.4, 0.5) is 18.9 Å². The van der Waals surface area contributed by atoms with Crippen LogP contribution < -0.4 is 5.32 Å². The maximum atomic E-state index is 12.8. The fourth-order valence-corrected chi connectivity index (χ4v) is 2.86. The van der Waals surface area contributed by atoms with Crippen molar-refractivity contribution in [2.24, 2.45) is 0 Å². The smallest absolute Gasteiger partial charge is 0.349 e. The number of anilines is 1. The molecule has 0 aliphatic carbocycles. The summed E-state index contributed by atoms with van der Waals surface area (Å²) in [6.07, 6.45) is -4.47. The minimum Gasteiger partial charge on any atom is -0.349 e. The molecule has 3 nitrogen and oxygen atoms in total. The van der Waals surface area contributed by atoms with E-state index in [0.717, 1.165) is 17.7 Å². The zero-order chi connectivity index (χ0) is 18.3. The fraction of sp³-hybridized carbons (Fsp3) is 0.111. The molecule has 1 N–H and O–H groups in total. The Kier molecular flexibility index (Phi) is 6.10. The zero-order valence-corrected chi connectivity index (χ0v) is 13.7. The number of hydrogen-bond donors (Lipinski definition) is 1. The molecule has 0 unspecified atom stereocenters. The Morgan fingerprint density at radius 3 is 2.28 bits per heavy atom. The van der Waals surface area contributed by atoms with Crippen molar-refractivity contribution in [2.45, 2.75) is 11.9 Å². The van der Waals surface area contributed by atoms with Gasteiger partial charge in [0.2, 0.25) is 0 Å². The van der Waals surface area contributed by atoms with Gasteiger partial charge in [-0.1, -0.05) is 36.4 Å². The molecule has 0 atom stereocenters. The second kappa shape index (κ2) is 8.27. The van der Waals surface area contributed by atoms with E-state index in [9.17, 15) is 13.2 Å². The van der Waals surface area contributed by atoms with Crippen LogP contribution in [0.2, 0.25) is 0 Å². The highest BCUT2D eigenvalue weighted by Crippen LogP contribution is 2.32. The average molecular weight is 359 g/mol. The maximum absolute atomic E-state index is 12.8. The van der Waals surface area contributed by atoms with Crippen molar-refractivity contribution in [3.63, 3.8) is 0 Å². The number of nitrogens with zero attached hydrogens (tertiary/aromatic N) is 2. The molecule has 0 saturated heterocycles. The minimum absolute atomic E-state index is 0.161. The molecular weight excluding hydrogens is 347 g/mol. The van der Waals surface area contributed by atoms with Crippen LogP contribution in [0.1, 0.15) is 11.1 Å². The van der Waals surface area contributed by atoms with Crippen molar-refractivity contribution in [1.82, 2.24) is 0 Å². The summed E-state index contributed by atoms with van der Waals surface area (Å²) in [4.78, 5) is 0. The number of rotatable bonds is 5. The Hall–Kier alpha value is -2.90. The normalized spacial score (nSPS) is 10.4. The van der Waals surface area contributed by atoms with Crippen LogP contribution in [0.15, 0.2) is 65.2 Å². The van der Waals surface area contributed by atoms with Crippen molar-refractivity contribution >= 4 is 17.4 Å². The van der Waals surface area contributed by atoms with E-state index in [1.807, 2.05) is 30.3 Å². The number of nitrogens with one attached hydrogen (secondary N) is 1. The van der Waals surface area contributed by atoms with Gasteiger partial charge in [0, 0.05) is 11.4 Å². The molecule has 0 bridgehead atoms. The minimum atomic E-state index is -4.47. The molecular formula is C18H12F3N3S. The predicted octanol–water partition coefficient (Wildman–Crippen LogP) is 5.31. The van der Waals surface area contributed by atoms with Gasteiger partial charge < -0.3 is 5.32 Å². The molecule has 25 heavy (non-hydrogen) atoms. The lowest BCUT2D eigenvalue weighted by Crippen LogP contribution is -2.06. The van der Waals surface area contributed by atoms with Crippen LogP contribution in [0, 0.1) is 22.7 Å². The molecule has 0 aliphatic heterocycles. The van der Waals surface area contributed by atoms with Crippen LogP contribution >= 0.6 is 11.8 Å². The van der Waals surface area contributed by atoms with Crippen LogP contribution in [0.3, 0.4) is 0 Å². The second-order valence-electron chi connectivity index (χ2n) is 4.91. The summed E-state index contributed by atoms with van der Waals surface area (Å²) < 4.78 is 38.4. The van der Waals surface area contributed by atoms with Gasteiger partial charge in [-0.05, 0) is 23.8 Å². The molecule has 0 spiro atoms. The van der Waals surface area contributed by atoms with Gasteiger partial charge in [0.05, 0.1) is 5.56 Å². The summed E-state index contributed by atoms with van der Waals surface area (Å²) in [6, 6.07) is 17.5.